The number of sulfonamides is 2. The molecule has 10 heteroatoms. The van der Waals surface area contributed by atoms with Crippen LogP contribution in [-0.4, -0.2) is 47.2 Å². The lowest BCUT2D eigenvalue weighted by Gasteiger charge is -2.18. The van der Waals surface area contributed by atoms with E-state index in [0.717, 1.165) is 0 Å². The zero-order valence-electron chi connectivity index (χ0n) is 17.3. The smallest absolute Gasteiger partial charge is 0.251 e. The van der Waals surface area contributed by atoms with Crippen molar-refractivity contribution in [2.45, 2.75) is 31.0 Å². The molecule has 0 aromatic heterocycles. The Bertz CT molecular complexity index is 1090. The summed E-state index contributed by atoms with van der Waals surface area (Å²) in [5, 5.41) is 2.73. The van der Waals surface area contributed by atoms with E-state index in [0.29, 0.717) is 24.2 Å². The summed E-state index contributed by atoms with van der Waals surface area (Å²) in [5.41, 5.74) is 1.45. The molecule has 164 valence electrons. The van der Waals surface area contributed by atoms with Crippen molar-refractivity contribution in [3.8, 4) is 0 Å². The van der Waals surface area contributed by atoms with Crippen LogP contribution in [0.15, 0.2) is 53.4 Å². The first-order chi connectivity index (χ1) is 14.1. The Morgan fingerprint density at radius 1 is 0.933 bits per heavy atom. The summed E-state index contributed by atoms with van der Waals surface area (Å²) in [6.07, 6.45) is 0. The molecule has 0 aliphatic rings. The van der Waals surface area contributed by atoms with E-state index in [1.807, 2.05) is 0 Å². The number of carbonyl (C=O) groups excluding carboxylic acids is 1. The molecule has 0 saturated heterocycles. The maximum atomic E-state index is 12.7. The topological polar surface area (TPSA) is 113 Å². The van der Waals surface area contributed by atoms with Gasteiger partial charge < -0.3 is 5.32 Å². The largest absolute Gasteiger partial charge is 0.348 e. The van der Waals surface area contributed by atoms with E-state index in [1.54, 1.807) is 38.1 Å². The standard InChI is InChI=1S/C20H27N3O5S2/c1-4-23(5-2)30(27,28)19-12-8-11-16(13-19)20(24)22-14-17-9-6-7-10-18(17)15-29(25,26)21-3/h6-13,21H,4-5,14-15H2,1-3H3,(H,22,24). The normalized spacial score (nSPS) is 12.1. The van der Waals surface area contributed by atoms with Crippen LogP contribution < -0.4 is 10.0 Å². The third-order valence-electron chi connectivity index (χ3n) is 4.65. The van der Waals surface area contributed by atoms with Crippen LogP contribution in [-0.2, 0) is 32.3 Å². The minimum atomic E-state index is -3.67. The van der Waals surface area contributed by atoms with Gasteiger partial charge in [0, 0.05) is 25.2 Å². The Labute approximate surface area is 178 Å². The van der Waals surface area contributed by atoms with Crippen molar-refractivity contribution >= 4 is 26.0 Å². The van der Waals surface area contributed by atoms with E-state index in [1.165, 1.54) is 35.6 Å². The van der Waals surface area contributed by atoms with Gasteiger partial charge >= 0.3 is 0 Å². The average molecular weight is 454 g/mol. The number of hydrogen-bond donors (Lipinski definition) is 2. The van der Waals surface area contributed by atoms with Gasteiger partial charge in [-0.2, -0.15) is 4.31 Å². The highest BCUT2D eigenvalue weighted by Crippen LogP contribution is 2.17. The van der Waals surface area contributed by atoms with Gasteiger partial charge in [0.2, 0.25) is 20.0 Å². The van der Waals surface area contributed by atoms with E-state index in [4.69, 9.17) is 0 Å². The Hall–Kier alpha value is -2.27. The second-order valence-corrected chi connectivity index (χ2v) is 10.4. The van der Waals surface area contributed by atoms with Crippen LogP contribution in [0.2, 0.25) is 0 Å². The fourth-order valence-corrected chi connectivity index (χ4v) is 5.28. The number of rotatable bonds is 10. The van der Waals surface area contributed by atoms with Gasteiger partial charge in [0.1, 0.15) is 0 Å². The molecule has 30 heavy (non-hydrogen) atoms. The summed E-state index contributed by atoms with van der Waals surface area (Å²) in [5.74, 6) is -0.648. The third kappa shape index (κ3) is 5.88. The number of nitrogens with zero attached hydrogens (tertiary/aromatic N) is 1. The Morgan fingerprint density at radius 3 is 2.17 bits per heavy atom. The van der Waals surface area contributed by atoms with Crippen LogP contribution in [0.5, 0.6) is 0 Å². The summed E-state index contributed by atoms with van der Waals surface area (Å²) in [6, 6.07) is 12.8. The molecule has 0 heterocycles. The fourth-order valence-electron chi connectivity index (χ4n) is 2.94. The molecule has 0 atom stereocenters. The predicted molar refractivity (Wildman–Crippen MR) is 116 cm³/mol. The number of carbonyl (C=O) groups is 1. The molecule has 0 saturated carbocycles. The summed E-state index contributed by atoms with van der Waals surface area (Å²) in [4.78, 5) is 12.7. The van der Waals surface area contributed by atoms with Gasteiger partial charge in [-0.15, -0.1) is 0 Å². The predicted octanol–water partition coefficient (Wildman–Crippen LogP) is 1.70. The zero-order chi connectivity index (χ0) is 22.4. The minimum absolute atomic E-state index is 0.0550. The van der Waals surface area contributed by atoms with Crippen LogP contribution in [0.1, 0.15) is 35.3 Å². The van der Waals surface area contributed by atoms with Crippen LogP contribution in [0, 0.1) is 0 Å². The first-order valence-corrected chi connectivity index (χ1v) is 12.6. The van der Waals surface area contributed by atoms with Crippen molar-refractivity contribution < 1.29 is 21.6 Å². The summed E-state index contributed by atoms with van der Waals surface area (Å²) < 4.78 is 52.7. The molecule has 0 unspecified atom stereocenters. The monoisotopic (exact) mass is 453 g/mol. The van der Waals surface area contributed by atoms with Crippen molar-refractivity contribution in [3.05, 3.63) is 65.2 Å². The van der Waals surface area contributed by atoms with E-state index in [9.17, 15) is 21.6 Å². The second-order valence-electron chi connectivity index (χ2n) is 6.53. The molecule has 0 fully saturated rings. The number of amides is 1. The van der Waals surface area contributed by atoms with Crippen molar-refractivity contribution in [3.63, 3.8) is 0 Å². The van der Waals surface area contributed by atoms with Gasteiger partial charge in [-0.25, -0.2) is 21.6 Å². The lowest BCUT2D eigenvalue weighted by molar-refractivity contribution is 0.0950. The first kappa shape index (κ1) is 24.0. The third-order valence-corrected chi connectivity index (χ3v) is 8.01. The van der Waals surface area contributed by atoms with E-state index >= 15 is 0 Å². The molecule has 2 N–H and O–H groups in total. The highest BCUT2D eigenvalue weighted by atomic mass is 32.2. The molecular formula is C20H27N3O5S2. The first-order valence-electron chi connectivity index (χ1n) is 9.51. The maximum Gasteiger partial charge on any atom is 0.251 e. The van der Waals surface area contributed by atoms with Crippen LogP contribution in [0.3, 0.4) is 0 Å². The average Bonchev–Trinajstić information content (AvgIpc) is 2.73. The molecule has 0 aliphatic carbocycles. The van der Waals surface area contributed by atoms with Gasteiger partial charge in [-0.1, -0.05) is 44.2 Å². The summed E-state index contributed by atoms with van der Waals surface area (Å²) in [6.45, 7) is 4.29. The number of nitrogens with one attached hydrogen (secondary N) is 2. The van der Waals surface area contributed by atoms with E-state index < -0.39 is 26.0 Å². The van der Waals surface area contributed by atoms with Gasteiger partial charge in [0.05, 0.1) is 10.6 Å². The SMILES string of the molecule is CCN(CC)S(=O)(=O)c1cccc(C(=O)NCc2ccccc2CS(=O)(=O)NC)c1. The highest BCUT2D eigenvalue weighted by Gasteiger charge is 2.22. The highest BCUT2D eigenvalue weighted by molar-refractivity contribution is 7.89. The van der Waals surface area contributed by atoms with E-state index in [-0.39, 0.29) is 22.8 Å². The van der Waals surface area contributed by atoms with Crippen molar-refractivity contribution in [2.75, 3.05) is 20.1 Å². The quantitative estimate of drug-likeness (QED) is 0.569. The number of benzene rings is 2. The molecule has 2 aromatic rings. The van der Waals surface area contributed by atoms with Gasteiger partial charge in [0.15, 0.2) is 0 Å². The fraction of sp³-hybridized carbons (Fsp3) is 0.350. The Balaban J connectivity index is 2.19. The Kier molecular flexibility index (Phi) is 8.13. The van der Waals surface area contributed by atoms with Crippen molar-refractivity contribution in [2.24, 2.45) is 0 Å². The molecular weight excluding hydrogens is 426 g/mol. The van der Waals surface area contributed by atoms with Crippen molar-refractivity contribution in [1.29, 1.82) is 0 Å². The van der Waals surface area contributed by atoms with E-state index in [2.05, 4.69) is 10.0 Å². The summed E-state index contributed by atoms with van der Waals surface area (Å²) in [7, 11) is -5.78. The van der Waals surface area contributed by atoms with Gasteiger partial charge in [-0.3, -0.25) is 4.79 Å². The van der Waals surface area contributed by atoms with Gasteiger partial charge in [0.25, 0.3) is 5.91 Å². The Morgan fingerprint density at radius 2 is 1.57 bits per heavy atom. The lowest BCUT2D eigenvalue weighted by atomic mass is 10.1. The molecule has 2 rings (SSSR count). The zero-order valence-corrected chi connectivity index (χ0v) is 18.9. The molecule has 8 nitrogen and oxygen atoms in total. The lowest BCUT2D eigenvalue weighted by Crippen LogP contribution is -2.31. The molecule has 0 aliphatic heterocycles. The second kappa shape index (κ2) is 10.2. The molecule has 0 bridgehead atoms. The molecule has 1 amide bonds. The molecule has 2 aromatic carbocycles. The maximum absolute atomic E-state index is 12.7. The van der Waals surface area contributed by atoms with Crippen molar-refractivity contribution in [1.82, 2.24) is 14.3 Å². The summed E-state index contributed by atoms with van der Waals surface area (Å²) >= 11 is 0. The number of hydrogen-bond acceptors (Lipinski definition) is 5. The molecule has 0 spiro atoms. The van der Waals surface area contributed by atoms with Gasteiger partial charge in [-0.05, 0) is 36.4 Å². The van der Waals surface area contributed by atoms with Crippen LogP contribution in [0.25, 0.3) is 0 Å². The van der Waals surface area contributed by atoms with Crippen LogP contribution in [0.4, 0.5) is 0 Å². The molecule has 0 radical (unpaired) electrons. The van der Waals surface area contributed by atoms with Crippen LogP contribution >= 0.6 is 0 Å². The minimum Gasteiger partial charge on any atom is -0.348 e.